The van der Waals surface area contributed by atoms with Crippen molar-refractivity contribution in [3.8, 4) is 0 Å². The van der Waals surface area contributed by atoms with Gasteiger partial charge in [0, 0.05) is 19.1 Å². The second-order valence-corrected chi connectivity index (χ2v) is 5.06. The van der Waals surface area contributed by atoms with E-state index in [1.807, 2.05) is 0 Å². The number of likely N-dealkylation sites (tertiary alicyclic amines) is 1. The molecule has 1 N–H and O–H groups in total. The lowest BCUT2D eigenvalue weighted by Crippen LogP contribution is -2.45. The number of hydrogen-bond donors (Lipinski definition) is 1. The zero-order valence-corrected chi connectivity index (χ0v) is 9.73. The third kappa shape index (κ3) is 2.00. The molecule has 16 heavy (non-hydrogen) atoms. The Morgan fingerprint density at radius 3 is 2.94 bits per heavy atom. The zero-order chi connectivity index (χ0) is 10.8. The number of hydrogen-bond acceptors (Lipinski definition) is 2. The predicted molar refractivity (Wildman–Crippen MR) is 66.2 cm³/mol. The Hall–Kier alpha value is -0.860. The van der Waals surface area contributed by atoms with Crippen LogP contribution in [0.5, 0.6) is 0 Å². The highest BCUT2D eigenvalue weighted by molar-refractivity contribution is 5.15. The highest BCUT2D eigenvalue weighted by Crippen LogP contribution is 2.29. The molecular formula is C14H20N2. The predicted octanol–water partition coefficient (Wildman–Crippen LogP) is 1.87. The summed E-state index contributed by atoms with van der Waals surface area (Å²) in [6.45, 7) is 4.83. The van der Waals surface area contributed by atoms with Crippen LogP contribution in [0.25, 0.3) is 0 Å². The van der Waals surface area contributed by atoms with E-state index in [1.165, 1.54) is 38.0 Å². The number of benzene rings is 1. The molecule has 0 radical (unpaired) electrons. The highest BCUT2D eigenvalue weighted by atomic mass is 15.2. The Balaban J connectivity index is 1.67. The van der Waals surface area contributed by atoms with E-state index in [9.17, 15) is 0 Å². The molecule has 2 heterocycles. The van der Waals surface area contributed by atoms with Gasteiger partial charge < -0.3 is 5.32 Å². The van der Waals surface area contributed by atoms with Gasteiger partial charge in [0.1, 0.15) is 0 Å². The molecule has 0 saturated carbocycles. The number of rotatable bonds is 2. The van der Waals surface area contributed by atoms with Gasteiger partial charge in [-0.15, -0.1) is 0 Å². The summed E-state index contributed by atoms with van der Waals surface area (Å²) in [4.78, 5) is 2.66. The van der Waals surface area contributed by atoms with Crippen LogP contribution in [0, 0.1) is 5.92 Å². The fourth-order valence-electron chi connectivity index (χ4n) is 3.17. The lowest BCUT2D eigenvalue weighted by molar-refractivity contribution is 0.188. The summed E-state index contributed by atoms with van der Waals surface area (Å²) < 4.78 is 0. The number of nitrogens with zero attached hydrogens (tertiary/aromatic N) is 1. The van der Waals surface area contributed by atoms with Gasteiger partial charge in [-0.25, -0.2) is 0 Å². The van der Waals surface area contributed by atoms with Crippen LogP contribution in [0.2, 0.25) is 0 Å². The van der Waals surface area contributed by atoms with Gasteiger partial charge in [0.05, 0.1) is 0 Å². The van der Waals surface area contributed by atoms with Crippen LogP contribution in [0.4, 0.5) is 0 Å². The van der Waals surface area contributed by atoms with Gasteiger partial charge >= 0.3 is 0 Å². The molecule has 2 heteroatoms. The van der Waals surface area contributed by atoms with E-state index >= 15 is 0 Å². The number of piperidine rings is 1. The number of nitrogens with one attached hydrogen (secondary N) is 1. The minimum Gasteiger partial charge on any atom is -0.315 e. The standard InChI is InChI=1S/C14H20N2/c1-2-4-12(5-3-1)11-16-9-7-13-6-8-15-10-14(13)16/h1-5,13-15H,6-11H2. The van der Waals surface area contributed by atoms with E-state index in [0.29, 0.717) is 0 Å². The fraction of sp³-hybridized carbons (Fsp3) is 0.571. The third-order valence-electron chi connectivity index (χ3n) is 4.07. The van der Waals surface area contributed by atoms with Gasteiger partial charge in [0.2, 0.25) is 0 Å². The molecule has 3 rings (SSSR count). The molecular weight excluding hydrogens is 196 g/mol. The van der Waals surface area contributed by atoms with Crippen molar-refractivity contribution in [3.63, 3.8) is 0 Å². The summed E-state index contributed by atoms with van der Waals surface area (Å²) in [5.41, 5.74) is 1.45. The maximum Gasteiger partial charge on any atom is 0.0253 e. The van der Waals surface area contributed by atoms with Crippen molar-refractivity contribution in [3.05, 3.63) is 35.9 Å². The Morgan fingerprint density at radius 1 is 1.19 bits per heavy atom. The molecule has 2 aliphatic rings. The summed E-state index contributed by atoms with van der Waals surface area (Å²) >= 11 is 0. The van der Waals surface area contributed by atoms with Crippen LogP contribution in [0.1, 0.15) is 18.4 Å². The Bertz CT molecular complexity index is 336. The van der Waals surface area contributed by atoms with Crippen LogP contribution < -0.4 is 5.32 Å². The van der Waals surface area contributed by atoms with E-state index in [4.69, 9.17) is 0 Å². The molecule has 0 spiro atoms. The van der Waals surface area contributed by atoms with Crippen molar-refractivity contribution in [2.45, 2.75) is 25.4 Å². The second-order valence-electron chi connectivity index (χ2n) is 5.06. The lowest BCUT2D eigenvalue weighted by atomic mass is 9.93. The molecule has 86 valence electrons. The van der Waals surface area contributed by atoms with E-state index in [-0.39, 0.29) is 0 Å². The summed E-state index contributed by atoms with van der Waals surface area (Å²) in [5, 5.41) is 3.53. The molecule has 0 amide bonds. The average Bonchev–Trinajstić information content (AvgIpc) is 2.74. The van der Waals surface area contributed by atoms with Crippen LogP contribution in [0.15, 0.2) is 30.3 Å². The van der Waals surface area contributed by atoms with E-state index in [2.05, 4.69) is 40.5 Å². The fourth-order valence-corrected chi connectivity index (χ4v) is 3.17. The summed E-state index contributed by atoms with van der Waals surface area (Å²) in [6.07, 6.45) is 2.77. The summed E-state index contributed by atoms with van der Waals surface area (Å²) in [6, 6.07) is 11.6. The molecule has 2 atom stereocenters. The molecule has 0 bridgehead atoms. The Labute approximate surface area is 97.6 Å². The molecule has 1 aromatic rings. The van der Waals surface area contributed by atoms with Gasteiger partial charge in [-0.05, 0) is 37.4 Å². The van der Waals surface area contributed by atoms with Crippen molar-refractivity contribution in [1.29, 1.82) is 0 Å². The summed E-state index contributed by atoms with van der Waals surface area (Å²) in [5.74, 6) is 0.949. The normalized spacial score (nSPS) is 30.2. The maximum absolute atomic E-state index is 3.53. The van der Waals surface area contributed by atoms with Gasteiger partial charge in [-0.1, -0.05) is 30.3 Å². The average molecular weight is 216 g/mol. The molecule has 2 nitrogen and oxygen atoms in total. The first-order valence-electron chi connectivity index (χ1n) is 6.42. The minimum atomic E-state index is 0.786. The van der Waals surface area contributed by atoms with Crippen molar-refractivity contribution in [2.24, 2.45) is 5.92 Å². The molecule has 0 aliphatic carbocycles. The molecule has 2 aliphatic heterocycles. The summed E-state index contributed by atoms with van der Waals surface area (Å²) in [7, 11) is 0. The maximum atomic E-state index is 3.53. The third-order valence-corrected chi connectivity index (χ3v) is 4.07. The molecule has 2 unspecified atom stereocenters. The molecule has 2 saturated heterocycles. The smallest absolute Gasteiger partial charge is 0.0253 e. The largest absolute Gasteiger partial charge is 0.315 e. The Kier molecular flexibility index (Phi) is 2.94. The van der Waals surface area contributed by atoms with Gasteiger partial charge in [0.25, 0.3) is 0 Å². The van der Waals surface area contributed by atoms with Crippen LogP contribution in [-0.2, 0) is 6.54 Å². The van der Waals surface area contributed by atoms with Gasteiger partial charge in [0.15, 0.2) is 0 Å². The SMILES string of the molecule is c1ccc(CN2CCC3CCNCC32)cc1. The minimum absolute atomic E-state index is 0.786. The van der Waals surface area contributed by atoms with Gasteiger partial charge in [-0.3, -0.25) is 4.90 Å². The molecule has 2 fully saturated rings. The van der Waals surface area contributed by atoms with E-state index < -0.39 is 0 Å². The second kappa shape index (κ2) is 4.56. The van der Waals surface area contributed by atoms with E-state index in [0.717, 1.165) is 18.5 Å². The topological polar surface area (TPSA) is 15.3 Å². The van der Waals surface area contributed by atoms with Crippen LogP contribution in [-0.4, -0.2) is 30.6 Å². The van der Waals surface area contributed by atoms with Crippen molar-refractivity contribution in [2.75, 3.05) is 19.6 Å². The van der Waals surface area contributed by atoms with Crippen LogP contribution in [0.3, 0.4) is 0 Å². The van der Waals surface area contributed by atoms with E-state index in [1.54, 1.807) is 0 Å². The first kappa shape index (κ1) is 10.3. The van der Waals surface area contributed by atoms with Crippen LogP contribution >= 0.6 is 0 Å². The van der Waals surface area contributed by atoms with Crippen molar-refractivity contribution in [1.82, 2.24) is 10.2 Å². The van der Waals surface area contributed by atoms with Crippen molar-refractivity contribution < 1.29 is 0 Å². The first-order chi connectivity index (χ1) is 7.93. The lowest BCUT2D eigenvalue weighted by Gasteiger charge is -2.32. The molecule has 0 aromatic heterocycles. The van der Waals surface area contributed by atoms with Crippen molar-refractivity contribution >= 4 is 0 Å². The zero-order valence-electron chi connectivity index (χ0n) is 9.73. The van der Waals surface area contributed by atoms with Gasteiger partial charge in [-0.2, -0.15) is 0 Å². The first-order valence-corrected chi connectivity index (χ1v) is 6.42. The number of fused-ring (bicyclic) bond motifs is 1. The highest BCUT2D eigenvalue weighted by Gasteiger charge is 2.35. The Morgan fingerprint density at radius 2 is 2.06 bits per heavy atom. The molecule has 1 aromatic carbocycles. The quantitative estimate of drug-likeness (QED) is 0.812. The monoisotopic (exact) mass is 216 g/mol.